The van der Waals surface area contributed by atoms with Crippen LogP contribution in [0.15, 0.2) is 12.1 Å². The van der Waals surface area contributed by atoms with Gasteiger partial charge in [0.15, 0.2) is 0 Å². The van der Waals surface area contributed by atoms with Crippen molar-refractivity contribution in [2.45, 2.75) is 6.92 Å². The molecule has 0 bridgehead atoms. The Kier molecular flexibility index (Phi) is 2.43. The lowest BCUT2D eigenvalue weighted by molar-refractivity contribution is 0.393. The molecule has 1 aromatic carbocycles. The third-order valence-electron chi connectivity index (χ3n) is 1.83. The molecule has 0 aromatic heterocycles. The summed E-state index contributed by atoms with van der Waals surface area (Å²) in [7, 11) is 3.21. The van der Waals surface area contributed by atoms with Crippen LogP contribution in [0.3, 0.4) is 0 Å². The van der Waals surface area contributed by atoms with Gasteiger partial charge >= 0.3 is 0 Å². The number of nitrogen functional groups attached to an aromatic ring is 1. The van der Waals surface area contributed by atoms with E-state index in [-0.39, 0.29) is 0 Å². The van der Waals surface area contributed by atoms with Gasteiger partial charge in [-0.1, -0.05) is 0 Å². The molecule has 3 heteroatoms. The highest BCUT2D eigenvalue weighted by molar-refractivity contribution is 5.57. The van der Waals surface area contributed by atoms with E-state index in [2.05, 4.69) is 0 Å². The summed E-state index contributed by atoms with van der Waals surface area (Å²) in [5.41, 5.74) is 7.34. The molecule has 3 nitrogen and oxygen atoms in total. The summed E-state index contributed by atoms with van der Waals surface area (Å²) in [4.78, 5) is 0. The fourth-order valence-corrected chi connectivity index (χ4v) is 1.01. The molecule has 0 heterocycles. The second-order valence-corrected chi connectivity index (χ2v) is 2.54. The second kappa shape index (κ2) is 3.34. The Hall–Kier alpha value is -1.38. The van der Waals surface area contributed by atoms with Gasteiger partial charge < -0.3 is 15.2 Å². The summed E-state index contributed by atoms with van der Waals surface area (Å²) >= 11 is 0. The summed E-state index contributed by atoms with van der Waals surface area (Å²) in [6.07, 6.45) is 0. The standard InChI is InChI=1S/C9H13NO2/c1-6-8(10)4-7(11-2)5-9(6)12-3/h4-5H,10H2,1-3H3. The lowest BCUT2D eigenvalue weighted by Gasteiger charge is -2.09. The lowest BCUT2D eigenvalue weighted by atomic mass is 10.2. The van der Waals surface area contributed by atoms with Crippen molar-refractivity contribution in [2.24, 2.45) is 0 Å². The molecular weight excluding hydrogens is 154 g/mol. The predicted molar refractivity (Wildman–Crippen MR) is 48.7 cm³/mol. The van der Waals surface area contributed by atoms with E-state index in [1.807, 2.05) is 13.0 Å². The molecule has 0 atom stereocenters. The van der Waals surface area contributed by atoms with Crippen molar-refractivity contribution in [2.75, 3.05) is 20.0 Å². The van der Waals surface area contributed by atoms with Crippen LogP contribution in [0.1, 0.15) is 5.56 Å². The minimum absolute atomic E-state index is 0.686. The molecule has 12 heavy (non-hydrogen) atoms. The highest BCUT2D eigenvalue weighted by Crippen LogP contribution is 2.29. The molecule has 0 spiro atoms. The van der Waals surface area contributed by atoms with Crippen LogP contribution in [0.4, 0.5) is 5.69 Å². The van der Waals surface area contributed by atoms with Crippen molar-refractivity contribution in [3.63, 3.8) is 0 Å². The Morgan fingerprint density at radius 1 is 1.17 bits per heavy atom. The van der Waals surface area contributed by atoms with Gasteiger partial charge in [-0.05, 0) is 6.92 Å². The van der Waals surface area contributed by atoms with Crippen molar-refractivity contribution in [1.82, 2.24) is 0 Å². The molecule has 0 aliphatic heterocycles. The van der Waals surface area contributed by atoms with Crippen molar-refractivity contribution in [3.8, 4) is 11.5 Å². The zero-order valence-corrected chi connectivity index (χ0v) is 7.55. The van der Waals surface area contributed by atoms with Gasteiger partial charge in [-0.25, -0.2) is 0 Å². The fourth-order valence-electron chi connectivity index (χ4n) is 1.01. The molecule has 66 valence electrons. The Bertz CT molecular complexity index is 284. The van der Waals surface area contributed by atoms with E-state index in [9.17, 15) is 0 Å². The predicted octanol–water partition coefficient (Wildman–Crippen LogP) is 1.59. The van der Waals surface area contributed by atoms with Gasteiger partial charge in [0.1, 0.15) is 11.5 Å². The Balaban J connectivity index is 3.19. The van der Waals surface area contributed by atoms with E-state index in [0.717, 1.165) is 17.1 Å². The quantitative estimate of drug-likeness (QED) is 0.680. The molecule has 0 fully saturated rings. The van der Waals surface area contributed by atoms with E-state index < -0.39 is 0 Å². The third-order valence-corrected chi connectivity index (χ3v) is 1.83. The van der Waals surface area contributed by atoms with Crippen LogP contribution in [0.5, 0.6) is 11.5 Å². The molecular formula is C9H13NO2. The summed E-state index contributed by atoms with van der Waals surface area (Å²) < 4.78 is 10.1. The van der Waals surface area contributed by atoms with Crippen molar-refractivity contribution in [1.29, 1.82) is 0 Å². The minimum atomic E-state index is 0.686. The summed E-state index contributed by atoms with van der Waals surface area (Å²) in [6.45, 7) is 1.91. The van der Waals surface area contributed by atoms with Crippen molar-refractivity contribution in [3.05, 3.63) is 17.7 Å². The Labute approximate surface area is 72.1 Å². The van der Waals surface area contributed by atoms with Crippen LogP contribution in [0, 0.1) is 6.92 Å². The van der Waals surface area contributed by atoms with Gasteiger partial charge in [0.2, 0.25) is 0 Å². The van der Waals surface area contributed by atoms with E-state index in [1.54, 1.807) is 20.3 Å². The molecule has 0 aliphatic rings. The minimum Gasteiger partial charge on any atom is -0.497 e. The summed E-state index contributed by atoms with van der Waals surface area (Å²) in [6, 6.07) is 3.59. The van der Waals surface area contributed by atoms with Gasteiger partial charge in [0.05, 0.1) is 14.2 Å². The zero-order valence-electron chi connectivity index (χ0n) is 7.55. The Morgan fingerprint density at radius 3 is 2.33 bits per heavy atom. The van der Waals surface area contributed by atoms with Gasteiger partial charge in [-0.2, -0.15) is 0 Å². The first-order valence-electron chi connectivity index (χ1n) is 3.67. The third kappa shape index (κ3) is 1.44. The van der Waals surface area contributed by atoms with Crippen LogP contribution in [-0.2, 0) is 0 Å². The number of hydrogen-bond donors (Lipinski definition) is 1. The maximum Gasteiger partial charge on any atom is 0.127 e. The van der Waals surface area contributed by atoms with Crippen LogP contribution < -0.4 is 15.2 Å². The van der Waals surface area contributed by atoms with Gasteiger partial charge in [0, 0.05) is 23.4 Å². The largest absolute Gasteiger partial charge is 0.497 e. The fraction of sp³-hybridized carbons (Fsp3) is 0.333. The first-order chi connectivity index (χ1) is 5.69. The Morgan fingerprint density at radius 2 is 1.83 bits per heavy atom. The highest BCUT2D eigenvalue weighted by atomic mass is 16.5. The van der Waals surface area contributed by atoms with Crippen molar-refractivity contribution >= 4 is 5.69 Å². The van der Waals surface area contributed by atoms with E-state index in [4.69, 9.17) is 15.2 Å². The highest BCUT2D eigenvalue weighted by Gasteiger charge is 2.04. The van der Waals surface area contributed by atoms with E-state index >= 15 is 0 Å². The summed E-state index contributed by atoms with van der Waals surface area (Å²) in [5.74, 6) is 1.47. The molecule has 0 saturated heterocycles. The smallest absolute Gasteiger partial charge is 0.127 e. The number of ether oxygens (including phenoxy) is 2. The number of methoxy groups -OCH3 is 2. The van der Waals surface area contributed by atoms with Gasteiger partial charge in [-0.3, -0.25) is 0 Å². The molecule has 2 N–H and O–H groups in total. The number of hydrogen-bond acceptors (Lipinski definition) is 3. The average molecular weight is 167 g/mol. The zero-order chi connectivity index (χ0) is 9.14. The molecule has 0 amide bonds. The average Bonchev–Trinajstić information content (AvgIpc) is 2.09. The SMILES string of the molecule is COc1cc(N)c(C)c(OC)c1. The molecule has 0 saturated carbocycles. The number of anilines is 1. The maximum atomic E-state index is 5.71. The molecule has 0 radical (unpaired) electrons. The van der Waals surface area contributed by atoms with Crippen LogP contribution in [-0.4, -0.2) is 14.2 Å². The van der Waals surface area contributed by atoms with Crippen LogP contribution in [0.25, 0.3) is 0 Å². The van der Waals surface area contributed by atoms with Gasteiger partial charge in [-0.15, -0.1) is 0 Å². The lowest BCUT2D eigenvalue weighted by Crippen LogP contribution is -1.95. The normalized spacial score (nSPS) is 9.58. The second-order valence-electron chi connectivity index (χ2n) is 2.54. The first-order valence-corrected chi connectivity index (χ1v) is 3.67. The number of nitrogens with two attached hydrogens (primary N) is 1. The molecule has 0 aliphatic carbocycles. The van der Waals surface area contributed by atoms with Crippen LogP contribution in [0.2, 0.25) is 0 Å². The van der Waals surface area contributed by atoms with E-state index in [0.29, 0.717) is 5.69 Å². The summed E-state index contributed by atoms with van der Waals surface area (Å²) in [5, 5.41) is 0. The molecule has 1 aromatic rings. The number of rotatable bonds is 2. The van der Waals surface area contributed by atoms with Crippen LogP contribution >= 0.6 is 0 Å². The van der Waals surface area contributed by atoms with E-state index in [1.165, 1.54) is 0 Å². The monoisotopic (exact) mass is 167 g/mol. The first kappa shape index (κ1) is 8.71. The maximum absolute atomic E-state index is 5.71. The topological polar surface area (TPSA) is 44.5 Å². The number of benzene rings is 1. The van der Waals surface area contributed by atoms with Gasteiger partial charge in [0.25, 0.3) is 0 Å². The van der Waals surface area contributed by atoms with Crippen molar-refractivity contribution < 1.29 is 9.47 Å². The molecule has 0 unspecified atom stereocenters. The molecule has 1 rings (SSSR count).